The molecule has 28 heavy (non-hydrogen) atoms. The average molecular weight is 393 g/mol. The van der Waals surface area contributed by atoms with Crippen LogP contribution in [0.2, 0.25) is 0 Å². The average Bonchev–Trinajstić information content (AvgIpc) is 2.67. The van der Waals surface area contributed by atoms with Gasteiger partial charge in [-0.25, -0.2) is 0 Å². The summed E-state index contributed by atoms with van der Waals surface area (Å²) in [7, 11) is 2.99. The van der Waals surface area contributed by atoms with Crippen molar-refractivity contribution in [3.05, 3.63) is 48.0 Å². The van der Waals surface area contributed by atoms with Crippen molar-refractivity contribution in [3.63, 3.8) is 0 Å². The SMILES string of the molecule is COc1cc(CN(C)C(=O)C2Oc3ccccc3OC2C)ccc1OC(F)F. The molecule has 1 amide bonds. The zero-order valence-corrected chi connectivity index (χ0v) is 15.7. The molecule has 0 saturated heterocycles. The third-order valence-electron chi connectivity index (χ3n) is 4.33. The fraction of sp³-hybridized carbons (Fsp3) is 0.350. The molecule has 8 heteroatoms. The number of carbonyl (C=O) groups is 1. The van der Waals surface area contributed by atoms with Crippen LogP contribution in [0.15, 0.2) is 42.5 Å². The van der Waals surface area contributed by atoms with Gasteiger partial charge in [-0.3, -0.25) is 4.79 Å². The zero-order valence-electron chi connectivity index (χ0n) is 15.7. The lowest BCUT2D eigenvalue weighted by Gasteiger charge is -2.33. The second-order valence-corrected chi connectivity index (χ2v) is 6.37. The summed E-state index contributed by atoms with van der Waals surface area (Å²) >= 11 is 0. The number of carbonyl (C=O) groups excluding carboxylic acids is 1. The summed E-state index contributed by atoms with van der Waals surface area (Å²) in [5, 5.41) is 0. The Morgan fingerprint density at radius 2 is 1.82 bits per heavy atom. The van der Waals surface area contributed by atoms with E-state index in [4.69, 9.17) is 14.2 Å². The van der Waals surface area contributed by atoms with Crippen LogP contribution in [-0.4, -0.2) is 43.8 Å². The number of likely N-dealkylation sites (N-methyl/N-ethyl adjacent to an activating group) is 1. The van der Waals surface area contributed by atoms with E-state index in [0.717, 1.165) is 0 Å². The van der Waals surface area contributed by atoms with Crippen molar-refractivity contribution >= 4 is 5.91 Å². The van der Waals surface area contributed by atoms with Crippen LogP contribution in [-0.2, 0) is 11.3 Å². The van der Waals surface area contributed by atoms with E-state index in [2.05, 4.69) is 4.74 Å². The number of alkyl halides is 2. The molecule has 3 rings (SSSR count). The molecule has 6 nitrogen and oxygen atoms in total. The number of hydrogen-bond acceptors (Lipinski definition) is 5. The first-order valence-electron chi connectivity index (χ1n) is 8.68. The summed E-state index contributed by atoms with van der Waals surface area (Å²) in [6.07, 6.45) is -1.25. The monoisotopic (exact) mass is 393 g/mol. The van der Waals surface area contributed by atoms with E-state index in [0.29, 0.717) is 17.1 Å². The number of ether oxygens (including phenoxy) is 4. The molecule has 2 atom stereocenters. The predicted octanol–water partition coefficient (Wildman–Crippen LogP) is 3.48. The van der Waals surface area contributed by atoms with Crippen molar-refractivity contribution in [1.29, 1.82) is 0 Å². The summed E-state index contributed by atoms with van der Waals surface area (Å²) in [5.74, 6) is 0.958. The lowest BCUT2D eigenvalue weighted by Crippen LogP contribution is -2.49. The molecule has 2 aromatic carbocycles. The first kappa shape index (κ1) is 19.7. The Morgan fingerprint density at radius 1 is 1.14 bits per heavy atom. The minimum absolute atomic E-state index is 0.0653. The predicted molar refractivity (Wildman–Crippen MR) is 97.0 cm³/mol. The highest BCUT2D eigenvalue weighted by atomic mass is 19.3. The van der Waals surface area contributed by atoms with Gasteiger partial charge in [-0.2, -0.15) is 8.78 Å². The van der Waals surface area contributed by atoms with Crippen molar-refractivity contribution < 1.29 is 32.5 Å². The minimum atomic E-state index is -2.95. The first-order chi connectivity index (χ1) is 13.4. The lowest BCUT2D eigenvalue weighted by molar-refractivity contribution is -0.143. The molecule has 0 radical (unpaired) electrons. The number of rotatable bonds is 6. The van der Waals surface area contributed by atoms with Gasteiger partial charge in [-0.1, -0.05) is 18.2 Å². The molecular formula is C20H21F2NO5. The van der Waals surface area contributed by atoms with Gasteiger partial charge < -0.3 is 23.8 Å². The van der Waals surface area contributed by atoms with Gasteiger partial charge in [-0.05, 0) is 36.8 Å². The van der Waals surface area contributed by atoms with Gasteiger partial charge in [0, 0.05) is 13.6 Å². The molecule has 0 bridgehead atoms. The topological polar surface area (TPSA) is 57.2 Å². The van der Waals surface area contributed by atoms with E-state index in [1.165, 1.54) is 18.1 Å². The Labute approximate surface area is 161 Å². The highest BCUT2D eigenvalue weighted by molar-refractivity contribution is 5.82. The summed E-state index contributed by atoms with van der Waals surface area (Å²) in [6.45, 7) is -0.943. The van der Waals surface area contributed by atoms with Crippen molar-refractivity contribution in [3.8, 4) is 23.0 Å². The van der Waals surface area contributed by atoms with Crippen molar-refractivity contribution in [1.82, 2.24) is 4.90 Å². The first-order valence-corrected chi connectivity index (χ1v) is 8.68. The number of hydrogen-bond donors (Lipinski definition) is 0. The number of nitrogens with zero attached hydrogens (tertiary/aromatic N) is 1. The second kappa shape index (κ2) is 8.33. The van der Waals surface area contributed by atoms with Crippen LogP contribution >= 0.6 is 0 Å². The summed E-state index contributed by atoms with van der Waals surface area (Å²) in [4.78, 5) is 14.3. The largest absolute Gasteiger partial charge is 0.493 e. The fourth-order valence-electron chi connectivity index (χ4n) is 2.96. The Hall–Kier alpha value is -3.03. The molecule has 1 aliphatic heterocycles. The minimum Gasteiger partial charge on any atom is -0.493 e. The highest BCUT2D eigenvalue weighted by Gasteiger charge is 2.35. The molecule has 2 aromatic rings. The third kappa shape index (κ3) is 4.27. The van der Waals surface area contributed by atoms with E-state index in [1.54, 1.807) is 44.3 Å². The van der Waals surface area contributed by atoms with Gasteiger partial charge in [0.15, 0.2) is 23.0 Å². The molecule has 0 aromatic heterocycles. The maximum Gasteiger partial charge on any atom is 0.387 e. The van der Waals surface area contributed by atoms with E-state index in [-0.39, 0.29) is 24.0 Å². The van der Waals surface area contributed by atoms with Gasteiger partial charge in [0.2, 0.25) is 6.10 Å². The van der Waals surface area contributed by atoms with Gasteiger partial charge in [-0.15, -0.1) is 0 Å². The van der Waals surface area contributed by atoms with Gasteiger partial charge in [0.05, 0.1) is 7.11 Å². The molecule has 0 N–H and O–H groups in total. The Balaban J connectivity index is 1.70. The second-order valence-electron chi connectivity index (χ2n) is 6.37. The van der Waals surface area contributed by atoms with Crippen LogP contribution in [0, 0.1) is 0 Å². The summed E-state index contributed by atoms with van der Waals surface area (Å²) in [5.41, 5.74) is 0.694. The van der Waals surface area contributed by atoms with Crippen LogP contribution in [0.1, 0.15) is 12.5 Å². The van der Waals surface area contributed by atoms with Gasteiger partial charge >= 0.3 is 6.61 Å². The quantitative estimate of drug-likeness (QED) is 0.752. The summed E-state index contributed by atoms with van der Waals surface area (Å²) in [6, 6.07) is 11.7. The molecule has 0 fully saturated rings. The number of para-hydroxylation sites is 2. The van der Waals surface area contributed by atoms with Crippen molar-refractivity contribution in [2.75, 3.05) is 14.2 Å². The van der Waals surface area contributed by atoms with Crippen molar-refractivity contribution in [2.24, 2.45) is 0 Å². The highest BCUT2D eigenvalue weighted by Crippen LogP contribution is 2.34. The standard InChI is InChI=1S/C20H21F2NO5/c1-12-18(27-15-7-5-4-6-14(15)26-12)19(24)23(2)11-13-8-9-16(28-20(21)22)17(10-13)25-3/h4-10,12,18,20H,11H2,1-3H3. The number of methoxy groups -OCH3 is 1. The molecule has 0 aliphatic carbocycles. The molecule has 150 valence electrons. The smallest absolute Gasteiger partial charge is 0.387 e. The Kier molecular flexibility index (Phi) is 5.87. The van der Waals surface area contributed by atoms with E-state index < -0.39 is 18.8 Å². The number of fused-ring (bicyclic) bond motifs is 1. The Bertz CT molecular complexity index is 845. The van der Waals surface area contributed by atoms with Crippen LogP contribution in [0.25, 0.3) is 0 Å². The van der Waals surface area contributed by atoms with Gasteiger partial charge in [0.1, 0.15) is 6.10 Å². The van der Waals surface area contributed by atoms with E-state index >= 15 is 0 Å². The van der Waals surface area contributed by atoms with Crippen LogP contribution in [0.3, 0.4) is 0 Å². The van der Waals surface area contributed by atoms with Crippen LogP contribution in [0.4, 0.5) is 8.78 Å². The molecule has 0 saturated carbocycles. The van der Waals surface area contributed by atoms with Crippen LogP contribution < -0.4 is 18.9 Å². The zero-order chi connectivity index (χ0) is 20.3. The third-order valence-corrected chi connectivity index (χ3v) is 4.33. The number of benzene rings is 2. The van der Waals surface area contributed by atoms with Crippen LogP contribution in [0.5, 0.6) is 23.0 Å². The number of amides is 1. The fourth-order valence-corrected chi connectivity index (χ4v) is 2.96. The van der Waals surface area contributed by atoms with Gasteiger partial charge in [0.25, 0.3) is 5.91 Å². The number of halogens is 2. The maximum absolute atomic E-state index is 12.9. The molecule has 0 spiro atoms. The molecular weight excluding hydrogens is 372 g/mol. The normalized spacial score (nSPS) is 17.9. The van der Waals surface area contributed by atoms with E-state index in [9.17, 15) is 13.6 Å². The van der Waals surface area contributed by atoms with Crippen molar-refractivity contribution in [2.45, 2.75) is 32.3 Å². The molecule has 2 unspecified atom stereocenters. The maximum atomic E-state index is 12.9. The molecule has 1 aliphatic rings. The molecule has 1 heterocycles. The summed E-state index contributed by atoms with van der Waals surface area (Å²) < 4.78 is 46.0. The Morgan fingerprint density at radius 3 is 2.46 bits per heavy atom. The lowest BCUT2D eigenvalue weighted by atomic mass is 10.1. The van der Waals surface area contributed by atoms with E-state index in [1.807, 2.05) is 6.07 Å².